The molecular weight excluding hydrogens is 290 g/mol. The lowest BCUT2D eigenvalue weighted by molar-refractivity contribution is -0.385. The third-order valence-electron chi connectivity index (χ3n) is 3.08. The molecule has 2 aromatic heterocycles. The molecular formula is C13H15N5O4. The van der Waals surface area contributed by atoms with Gasteiger partial charge in [-0.1, -0.05) is 13.0 Å². The number of aromatic nitrogens is 3. The first kappa shape index (κ1) is 15.4. The number of nitro groups is 1. The Kier molecular flexibility index (Phi) is 4.35. The first-order valence-electron chi connectivity index (χ1n) is 6.51. The van der Waals surface area contributed by atoms with E-state index in [-0.39, 0.29) is 17.9 Å². The second-order valence-electron chi connectivity index (χ2n) is 4.45. The molecule has 0 fully saturated rings. The van der Waals surface area contributed by atoms with E-state index < -0.39 is 10.8 Å². The smallest absolute Gasteiger partial charge is 0.323 e. The van der Waals surface area contributed by atoms with Gasteiger partial charge in [-0.15, -0.1) is 0 Å². The molecule has 0 unspecified atom stereocenters. The van der Waals surface area contributed by atoms with E-state index in [1.54, 1.807) is 25.1 Å². The minimum atomic E-state index is -0.932. The maximum absolute atomic E-state index is 11.4. The molecule has 0 aromatic carbocycles. The number of hydrogen-bond donors (Lipinski definition) is 1. The molecule has 0 aliphatic heterocycles. The molecule has 0 atom stereocenters. The lowest BCUT2D eigenvalue weighted by atomic mass is 10.2. The molecule has 116 valence electrons. The van der Waals surface area contributed by atoms with Crippen molar-refractivity contribution in [2.24, 2.45) is 5.73 Å². The molecule has 2 N–H and O–H groups in total. The molecule has 9 heteroatoms. The second kappa shape index (κ2) is 6.20. The van der Waals surface area contributed by atoms with Crippen LogP contribution >= 0.6 is 0 Å². The van der Waals surface area contributed by atoms with E-state index in [0.29, 0.717) is 23.7 Å². The van der Waals surface area contributed by atoms with E-state index in [1.807, 2.05) is 0 Å². The summed E-state index contributed by atoms with van der Waals surface area (Å²) in [6, 6.07) is 5.17. The average Bonchev–Trinajstić information content (AvgIpc) is 2.86. The molecule has 0 bridgehead atoms. The predicted octanol–water partition coefficient (Wildman–Crippen LogP) is 0.904. The van der Waals surface area contributed by atoms with E-state index >= 15 is 0 Å². The molecule has 0 spiro atoms. The lowest BCUT2D eigenvalue weighted by Gasteiger charge is -2.06. The van der Waals surface area contributed by atoms with Gasteiger partial charge in [0.1, 0.15) is 5.69 Å². The van der Waals surface area contributed by atoms with Gasteiger partial charge >= 0.3 is 5.69 Å². The molecule has 0 aliphatic carbocycles. The topological polar surface area (TPSA) is 126 Å². The molecule has 22 heavy (non-hydrogen) atoms. The Hall–Kier alpha value is -2.97. The number of hydrogen-bond acceptors (Lipinski definition) is 6. The number of nitrogens with two attached hydrogens (primary N) is 1. The number of rotatable bonds is 6. The number of amides is 1. The van der Waals surface area contributed by atoms with Crippen LogP contribution in [0.5, 0.6) is 5.88 Å². The summed E-state index contributed by atoms with van der Waals surface area (Å²) in [7, 11) is 1.49. The quantitative estimate of drug-likeness (QED) is 0.624. The highest BCUT2D eigenvalue weighted by atomic mass is 16.6. The highest BCUT2D eigenvalue weighted by Gasteiger charge is 2.29. The Balaban J connectivity index is 2.48. The van der Waals surface area contributed by atoms with Crippen LogP contribution in [0.4, 0.5) is 5.69 Å². The molecule has 2 aromatic rings. The third kappa shape index (κ3) is 2.87. The Bertz CT molecular complexity index is 725. The largest absolute Gasteiger partial charge is 0.481 e. The monoisotopic (exact) mass is 305 g/mol. The number of methoxy groups -OCH3 is 1. The molecule has 0 aliphatic rings. The van der Waals surface area contributed by atoms with Crippen LogP contribution in [0.1, 0.15) is 28.8 Å². The predicted molar refractivity (Wildman–Crippen MR) is 76.7 cm³/mol. The van der Waals surface area contributed by atoms with Crippen molar-refractivity contribution in [2.45, 2.75) is 19.9 Å². The van der Waals surface area contributed by atoms with Gasteiger partial charge in [-0.3, -0.25) is 19.6 Å². The van der Waals surface area contributed by atoms with E-state index in [4.69, 9.17) is 10.5 Å². The van der Waals surface area contributed by atoms with Crippen LogP contribution in [0, 0.1) is 10.1 Å². The summed E-state index contributed by atoms with van der Waals surface area (Å²) in [6.07, 6.45) is 0.334. The van der Waals surface area contributed by atoms with Gasteiger partial charge in [-0.2, -0.15) is 5.10 Å². The normalized spacial score (nSPS) is 10.5. The zero-order valence-corrected chi connectivity index (χ0v) is 12.1. The fourth-order valence-corrected chi connectivity index (χ4v) is 2.14. The van der Waals surface area contributed by atoms with Gasteiger partial charge in [0.05, 0.1) is 24.3 Å². The summed E-state index contributed by atoms with van der Waals surface area (Å²) < 4.78 is 6.41. The average molecular weight is 305 g/mol. The van der Waals surface area contributed by atoms with Crippen molar-refractivity contribution in [1.82, 2.24) is 14.8 Å². The number of carbonyl (C=O) groups excluding carboxylic acids is 1. The Morgan fingerprint density at radius 3 is 2.77 bits per heavy atom. The first-order valence-corrected chi connectivity index (χ1v) is 6.51. The number of ether oxygens (including phenoxy) is 1. The van der Waals surface area contributed by atoms with E-state index in [0.717, 1.165) is 0 Å². The van der Waals surface area contributed by atoms with Crippen molar-refractivity contribution in [1.29, 1.82) is 0 Å². The van der Waals surface area contributed by atoms with Crippen LogP contribution in [0.15, 0.2) is 18.2 Å². The van der Waals surface area contributed by atoms with E-state index in [1.165, 1.54) is 11.8 Å². The van der Waals surface area contributed by atoms with Gasteiger partial charge in [-0.05, 0) is 12.5 Å². The van der Waals surface area contributed by atoms with Crippen LogP contribution < -0.4 is 10.5 Å². The second-order valence-corrected chi connectivity index (χ2v) is 4.45. The zero-order chi connectivity index (χ0) is 16.3. The van der Waals surface area contributed by atoms with Crippen LogP contribution in [0.2, 0.25) is 0 Å². The third-order valence-corrected chi connectivity index (χ3v) is 3.08. The summed E-state index contributed by atoms with van der Waals surface area (Å²) >= 11 is 0. The molecule has 2 rings (SSSR count). The maximum atomic E-state index is 11.4. The van der Waals surface area contributed by atoms with Gasteiger partial charge in [0.15, 0.2) is 0 Å². The van der Waals surface area contributed by atoms with Gasteiger partial charge in [0.2, 0.25) is 11.6 Å². The molecule has 1 amide bonds. The number of primary amides is 1. The van der Waals surface area contributed by atoms with Crippen molar-refractivity contribution < 1.29 is 14.5 Å². The van der Waals surface area contributed by atoms with Crippen molar-refractivity contribution in [3.8, 4) is 5.88 Å². The highest BCUT2D eigenvalue weighted by molar-refractivity contribution is 5.95. The van der Waals surface area contributed by atoms with E-state index in [2.05, 4.69) is 10.1 Å². The minimum Gasteiger partial charge on any atom is -0.481 e. The first-order chi connectivity index (χ1) is 10.5. The molecule has 0 radical (unpaired) electrons. The Labute approximate surface area is 125 Å². The van der Waals surface area contributed by atoms with Crippen molar-refractivity contribution in [3.63, 3.8) is 0 Å². The Morgan fingerprint density at radius 2 is 2.23 bits per heavy atom. The lowest BCUT2D eigenvalue weighted by Crippen LogP contribution is -2.14. The minimum absolute atomic E-state index is 0.175. The summed E-state index contributed by atoms with van der Waals surface area (Å²) in [4.78, 5) is 26.1. The fourth-order valence-electron chi connectivity index (χ4n) is 2.14. The van der Waals surface area contributed by atoms with Crippen LogP contribution in [0.3, 0.4) is 0 Å². The SMILES string of the molecule is CCc1c([N+](=O)[O-])c(C(N)=O)nn1Cc1cccc(OC)n1. The molecule has 0 saturated heterocycles. The van der Waals surface area contributed by atoms with Crippen LogP contribution in [-0.4, -0.2) is 32.7 Å². The zero-order valence-electron chi connectivity index (χ0n) is 12.1. The van der Waals surface area contributed by atoms with Crippen molar-refractivity contribution in [3.05, 3.63) is 45.4 Å². The highest BCUT2D eigenvalue weighted by Crippen LogP contribution is 2.24. The Morgan fingerprint density at radius 1 is 1.50 bits per heavy atom. The molecule has 9 nitrogen and oxygen atoms in total. The van der Waals surface area contributed by atoms with Crippen LogP contribution in [-0.2, 0) is 13.0 Å². The maximum Gasteiger partial charge on any atom is 0.323 e. The summed E-state index contributed by atoms with van der Waals surface area (Å²) in [5, 5.41) is 15.2. The summed E-state index contributed by atoms with van der Waals surface area (Å²) in [5.74, 6) is -0.508. The standard InChI is InChI=1S/C13H15N5O4/c1-3-9-12(18(20)21)11(13(14)19)16-17(9)7-8-5-4-6-10(15-8)22-2/h4-6H,3,7H2,1-2H3,(H2,14,19). The molecule has 0 saturated carbocycles. The van der Waals surface area contributed by atoms with Gasteiger partial charge in [-0.25, -0.2) is 4.98 Å². The van der Waals surface area contributed by atoms with Gasteiger partial charge < -0.3 is 10.5 Å². The van der Waals surface area contributed by atoms with Gasteiger partial charge in [0.25, 0.3) is 5.91 Å². The van der Waals surface area contributed by atoms with Crippen LogP contribution in [0.25, 0.3) is 0 Å². The number of nitrogens with zero attached hydrogens (tertiary/aromatic N) is 4. The van der Waals surface area contributed by atoms with Crippen molar-refractivity contribution in [2.75, 3.05) is 7.11 Å². The summed E-state index contributed by atoms with van der Waals surface area (Å²) in [5.41, 5.74) is 5.40. The fraction of sp³-hybridized carbons (Fsp3) is 0.308. The summed E-state index contributed by atoms with van der Waals surface area (Å²) in [6.45, 7) is 1.92. The number of carbonyl (C=O) groups is 1. The number of pyridine rings is 1. The molecule has 2 heterocycles. The van der Waals surface area contributed by atoms with E-state index in [9.17, 15) is 14.9 Å². The van der Waals surface area contributed by atoms with Crippen molar-refractivity contribution >= 4 is 11.6 Å². The van der Waals surface area contributed by atoms with Gasteiger partial charge in [0, 0.05) is 6.07 Å².